The van der Waals surface area contributed by atoms with E-state index in [1.165, 1.54) is 12.1 Å². The van der Waals surface area contributed by atoms with Gasteiger partial charge >= 0.3 is 6.09 Å². The molecule has 0 radical (unpaired) electrons. The highest BCUT2D eigenvalue weighted by molar-refractivity contribution is 5.87. The smallest absolute Gasteiger partial charge is 0.408 e. The highest BCUT2D eigenvalue weighted by atomic mass is 16.6. The summed E-state index contributed by atoms with van der Waals surface area (Å²) in [6, 6.07) is 31.8. The molecule has 5 N–H and O–H groups in total. The fraction of sp³-hybridized carbons (Fsp3) is 0.317. The first-order chi connectivity index (χ1) is 24.9. The number of aliphatic hydroxyl groups is 1. The van der Waals surface area contributed by atoms with Crippen LogP contribution in [0.2, 0.25) is 0 Å². The normalized spacial score (nSPS) is 19.4. The van der Waals surface area contributed by atoms with Crippen molar-refractivity contribution >= 4 is 17.0 Å². The summed E-state index contributed by atoms with van der Waals surface area (Å²) in [5.41, 5.74) is 4.70. The maximum absolute atomic E-state index is 13.2. The van der Waals surface area contributed by atoms with E-state index < -0.39 is 12.2 Å². The quantitative estimate of drug-likeness (QED) is 0.101. The number of aromatic amines is 1. The first kappa shape index (κ1) is 34.3. The number of phenolic OH excluding ortho intramolecular Hbond substituents is 1. The molecule has 4 aromatic carbocycles. The van der Waals surface area contributed by atoms with E-state index in [4.69, 9.17) is 9.47 Å². The number of benzene rings is 4. The van der Waals surface area contributed by atoms with Gasteiger partial charge in [-0.15, -0.1) is 0 Å². The topological polar surface area (TPSA) is 136 Å². The van der Waals surface area contributed by atoms with Crippen LogP contribution < -0.4 is 20.9 Å². The van der Waals surface area contributed by atoms with Crippen LogP contribution in [0.4, 0.5) is 4.79 Å². The number of H-pyrrole nitrogens is 1. The maximum Gasteiger partial charge on any atom is 0.408 e. The average Bonchev–Trinajstić information content (AvgIpc) is 3.16. The number of nitrogens with one attached hydrogen (secondary N) is 3. The summed E-state index contributed by atoms with van der Waals surface area (Å²) in [6.07, 6.45) is 1.66. The monoisotopic (exact) mass is 688 g/mol. The largest absolute Gasteiger partial charge is 0.506 e. The molecule has 5 aromatic rings. The van der Waals surface area contributed by atoms with Gasteiger partial charge in [-0.25, -0.2) is 4.79 Å². The van der Waals surface area contributed by atoms with Gasteiger partial charge in [0, 0.05) is 24.5 Å². The van der Waals surface area contributed by atoms with Crippen LogP contribution >= 0.6 is 0 Å². The molecule has 3 fully saturated rings. The molecule has 1 amide bonds. The number of rotatable bonds is 13. The van der Waals surface area contributed by atoms with Gasteiger partial charge in [-0.3, -0.25) is 9.69 Å². The SMILES string of the molecule is O=C(NC(c1ccccc1)c1cccc(OCc2ccc(CCNC[C@H](O)c3ccc(O)c4[nH]c(=O)ccc34)cc2)c1)O[C@H]1CN2CCC1CC2. The highest BCUT2D eigenvalue weighted by Crippen LogP contribution is 2.31. The Labute approximate surface area is 297 Å². The van der Waals surface area contributed by atoms with Gasteiger partial charge in [0.1, 0.15) is 24.2 Å². The van der Waals surface area contributed by atoms with E-state index in [0.717, 1.165) is 61.2 Å². The lowest BCUT2D eigenvalue weighted by Crippen LogP contribution is -2.52. The zero-order valence-corrected chi connectivity index (χ0v) is 28.5. The van der Waals surface area contributed by atoms with Crippen LogP contribution in [0.1, 0.15) is 52.8 Å². The number of carbonyl (C=O) groups is 1. The summed E-state index contributed by atoms with van der Waals surface area (Å²) < 4.78 is 12.2. The minimum Gasteiger partial charge on any atom is -0.506 e. The molecule has 3 saturated heterocycles. The molecule has 264 valence electrons. The molecule has 0 aliphatic carbocycles. The van der Waals surface area contributed by atoms with Gasteiger partial charge in [0.15, 0.2) is 0 Å². The summed E-state index contributed by atoms with van der Waals surface area (Å²) in [4.78, 5) is 29.9. The number of hydrogen-bond acceptors (Lipinski definition) is 8. The third kappa shape index (κ3) is 8.42. The second kappa shape index (κ2) is 15.8. The Bertz CT molecular complexity index is 1990. The fourth-order valence-corrected chi connectivity index (χ4v) is 7.22. The van der Waals surface area contributed by atoms with E-state index in [9.17, 15) is 19.8 Å². The molecule has 10 heteroatoms. The van der Waals surface area contributed by atoms with E-state index >= 15 is 0 Å². The van der Waals surface area contributed by atoms with Crippen LogP contribution in [0.3, 0.4) is 0 Å². The third-order valence-corrected chi connectivity index (χ3v) is 10.1. The van der Waals surface area contributed by atoms with Crippen molar-refractivity contribution in [1.82, 2.24) is 20.5 Å². The van der Waals surface area contributed by atoms with Gasteiger partial charge in [-0.2, -0.15) is 0 Å². The first-order valence-corrected chi connectivity index (χ1v) is 17.7. The number of aromatic nitrogens is 1. The predicted octanol–water partition coefficient (Wildman–Crippen LogP) is 5.59. The zero-order chi connectivity index (χ0) is 35.2. The van der Waals surface area contributed by atoms with E-state index in [2.05, 4.69) is 44.8 Å². The Morgan fingerprint density at radius 2 is 1.67 bits per heavy atom. The van der Waals surface area contributed by atoms with Gasteiger partial charge in [-0.1, -0.05) is 72.8 Å². The van der Waals surface area contributed by atoms with Gasteiger partial charge < -0.3 is 35.3 Å². The Balaban J connectivity index is 0.913. The second-order valence-corrected chi connectivity index (χ2v) is 13.5. The predicted molar refractivity (Wildman–Crippen MR) is 196 cm³/mol. The number of fused-ring (bicyclic) bond motifs is 4. The summed E-state index contributed by atoms with van der Waals surface area (Å²) in [5, 5.41) is 28.0. The maximum atomic E-state index is 13.2. The lowest BCUT2D eigenvalue weighted by atomic mass is 9.86. The van der Waals surface area contributed by atoms with Gasteiger partial charge in [0.05, 0.1) is 17.7 Å². The summed E-state index contributed by atoms with van der Waals surface area (Å²) in [7, 11) is 0. The standard InChI is InChI=1S/C41H44N4O6/c46-35-15-13-33(34-14-16-38(48)43-40(34)35)36(47)24-42-20-17-27-9-11-28(12-10-27)26-50-32-8-4-7-31(23-32)39(30-5-2-1-3-6-30)44-41(49)51-37-25-45-21-18-29(37)19-22-45/h1-16,23,29,36-37,39,42,46-47H,17-22,24-26H2,(H,43,48)(H,44,49)/t36-,37-,39?/m0/s1. The minimum absolute atomic E-state index is 0.0311. The number of nitrogens with zero attached hydrogens (tertiary/aromatic N) is 1. The molecule has 51 heavy (non-hydrogen) atoms. The Morgan fingerprint density at radius 3 is 2.43 bits per heavy atom. The molecule has 8 rings (SSSR count). The lowest BCUT2D eigenvalue weighted by molar-refractivity contribution is -0.0336. The number of aromatic hydroxyl groups is 1. The summed E-state index contributed by atoms with van der Waals surface area (Å²) >= 11 is 0. The number of pyridine rings is 1. The van der Waals surface area contributed by atoms with Crippen molar-refractivity contribution in [2.24, 2.45) is 5.92 Å². The molecule has 3 aliphatic heterocycles. The number of hydrogen-bond donors (Lipinski definition) is 5. The van der Waals surface area contributed by atoms with Crippen LogP contribution in [-0.2, 0) is 17.8 Å². The number of piperidine rings is 3. The molecule has 3 aliphatic rings. The van der Waals surface area contributed by atoms with E-state index in [1.807, 2.05) is 54.6 Å². The van der Waals surface area contributed by atoms with Crippen molar-refractivity contribution in [3.05, 3.63) is 141 Å². The fourth-order valence-electron chi connectivity index (χ4n) is 7.22. The molecule has 2 bridgehead atoms. The average molecular weight is 689 g/mol. The number of phenols is 1. The number of ether oxygens (including phenoxy) is 2. The number of aliphatic hydroxyl groups excluding tert-OH is 1. The second-order valence-electron chi connectivity index (χ2n) is 13.5. The van der Waals surface area contributed by atoms with Crippen LogP contribution in [-0.4, -0.2) is 65.0 Å². The van der Waals surface area contributed by atoms with Gasteiger partial charge in [-0.05, 0) is 96.9 Å². The molecule has 0 spiro atoms. The van der Waals surface area contributed by atoms with E-state index in [-0.39, 0.29) is 23.5 Å². The van der Waals surface area contributed by atoms with Crippen molar-refractivity contribution in [3.8, 4) is 11.5 Å². The van der Waals surface area contributed by atoms with Crippen LogP contribution in [0.15, 0.2) is 108 Å². The molecule has 4 heterocycles. The van der Waals surface area contributed by atoms with Crippen molar-refractivity contribution in [2.75, 3.05) is 32.7 Å². The van der Waals surface area contributed by atoms with Crippen molar-refractivity contribution in [2.45, 2.75) is 44.1 Å². The van der Waals surface area contributed by atoms with Gasteiger partial charge in [0.2, 0.25) is 5.56 Å². The first-order valence-electron chi connectivity index (χ1n) is 17.7. The molecule has 3 atom stereocenters. The van der Waals surface area contributed by atoms with Crippen LogP contribution in [0.25, 0.3) is 10.9 Å². The van der Waals surface area contributed by atoms with Crippen molar-refractivity contribution in [1.29, 1.82) is 0 Å². The van der Waals surface area contributed by atoms with E-state index in [0.29, 0.717) is 47.8 Å². The van der Waals surface area contributed by atoms with Crippen molar-refractivity contribution < 1.29 is 24.5 Å². The Hall–Kier alpha value is -5.16. The number of carbonyl (C=O) groups excluding carboxylic acids is 1. The van der Waals surface area contributed by atoms with Crippen molar-refractivity contribution in [3.63, 3.8) is 0 Å². The summed E-state index contributed by atoms with van der Waals surface area (Å²) in [5.74, 6) is 1.11. The zero-order valence-electron chi connectivity index (χ0n) is 28.5. The molecule has 1 aromatic heterocycles. The summed E-state index contributed by atoms with van der Waals surface area (Å²) in [6.45, 7) is 4.37. The Morgan fingerprint density at radius 1 is 0.902 bits per heavy atom. The number of amides is 1. The molecular weight excluding hydrogens is 644 g/mol. The molecule has 0 saturated carbocycles. The Kier molecular flexibility index (Phi) is 10.6. The molecular formula is C41H44N4O6. The highest BCUT2D eigenvalue weighted by Gasteiger charge is 2.37. The van der Waals surface area contributed by atoms with Gasteiger partial charge in [0.25, 0.3) is 0 Å². The number of alkyl carbamates (subject to hydrolysis) is 1. The third-order valence-electron chi connectivity index (χ3n) is 10.1. The minimum atomic E-state index is -0.806. The van der Waals surface area contributed by atoms with Crippen LogP contribution in [0, 0.1) is 5.92 Å². The molecule has 10 nitrogen and oxygen atoms in total. The van der Waals surface area contributed by atoms with Crippen LogP contribution in [0.5, 0.6) is 11.5 Å². The van der Waals surface area contributed by atoms with E-state index in [1.54, 1.807) is 12.1 Å². The lowest BCUT2D eigenvalue weighted by Gasteiger charge is -2.43. The molecule has 1 unspecified atom stereocenters.